The van der Waals surface area contributed by atoms with Gasteiger partial charge in [0.15, 0.2) is 5.78 Å². The number of amides is 1. The Morgan fingerprint density at radius 1 is 0.833 bits per heavy atom. The summed E-state index contributed by atoms with van der Waals surface area (Å²) in [6.07, 6.45) is 12.3. The number of nitrogens with zero attached hydrogens (tertiary/aromatic N) is 1. The first kappa shape index (κ1) is 61.1. The van der Waals surface area contributed by atoms with Gasteiger partial charge in [-0.2, -0.15) is 0 Å². The number of carbonyl (C=O) groups is 5. The number of ketones is 3. The van der Waals surface area contributed by atoms with Gasteiger partial charge in [0.05, 0.1) is 43.2 Å². The van der Waals surface area contributed by atoms with Crippen molar-refractivity contribution in [3.63, 3.8) is 0 Å². The van der Waals surface area contributed by atoms with Crippen molar-refractivity contribution in [3.05, 3.63) is 47.6 Å². The smallest absolute Gasteiger partial charge is 0.329 e. The highest BCUT2D eigenvalue weighted by atomic mass is 16.6. The molecule has 0 radical (unpaired) electrons. The summed E-state index contributed by atoms with van der Waals surface area (Å²) < 4.78 is 42.0. The summed E-state index contributed by atoms with van der Waals surface area (Å²) in [5.74, 6) is -7.87. The van der Waals surface area contributed by atoms with Gasteiger partial charge in [0.2, 0.25) is 5.79 Å². The number of fused-ring (bicyclic) bond motifs is 3. The van der Waals surface area contributed by atoms with Crippen molar-refractivity contribution in [2.45, 2.75) is 206 Å². The van der Waals surface area contributed by atoms with E-state index in [1.165, 1.54) is 12.0 Å². The lowest BCUT2D eigenvalue weighted by Gasteiger charge is -2.42. The van der Waals surface area contributed by atoms with Crippen LogP contribution in [0.25, 0.3) is 0 Å². The lowest BCUT2D eigenvalue weighted by molar-refractivity contribution is -0.265. The second-order valence-corrected chi connectivity index (χ2v) is 22.4. The standard InChI is InChI=1S/C57H91NO14/c1-35-19-15-14-16-20-36(2)47(66-11)33-43-24-22-41(7)57(65,72-43)53(62)54(63)58-26-18-17-21-44(58)55(64)71-48(34-45(59)37(3)30-40(6)51(61)52(68-13)50(60)39(5)29-35)38(4)31-42-23-25-46(49(32-42)67-12)69-27-28-70-56(8,9)10/h14-16,19-20,30,35,37-39,41-44,46-49,51-52,61,65H,17-18,21-29,31-34H2,1-13H3/b16-14+,19-15+,36-20+,40-30+/t35-,37+,38-,39-,41-,42-,43+,44+,46+,47-,48?,49+,51+,52-,57-/m0/s1. The zero-order valence-electron chi connectivity index (χ0n) is 45.9. The molecule has 0 aromatic heterocycles. The van der Waals surface area contributed by atoms with Crippen molar-refractivity contribution in [3.8, 4) is 0 Å². The van der Waals surface area contributed by atoms with Crippen molar-refractivity contribution in [2.75, 3.05) is 41.1 Å². The number of aliphatic hydroxyl groups is 2. The molecule has 15 atom stereocenters. The van der Waals surface area contributed by atoms with Gasteiger partial charge in [0, 0.05) is 58.5 Å². The number of allylic oxidation sites excluding steroid dienone is 6. The summed E-state index contributed by atoms with van der Waals surface area (Å²) in [7, 11) is 4.65. The normalized spacial score (nSPS) is 37.9. The Morgan fingerprint density at radius 3 is 2.22 bits per heavy atom. The van der Waals surface area contributed by atoms with E-state index in [0.29, 0.717) is 70.2 Å². The SMILES string of the molecule is CO[C@H]1C[C@H]2CC[C@H](C)[C@](O)(O2)C(=O)C(=O)N2CCCC[C@@H]2C(=O)OC([C@@H](C)C[C@@H]2CC[C@@H](OCCOC(C)(C)C)[C@H](OC)C2)CC(=O)[C@H](C)/C=C(\C)[C@@H](O)[C@@H](OC)C(=O)[C@@H](C)C[C@@H](C)/C=C/C=C/C=C/1C. The van der Waals surface area contributed by atoms with Crippen molar-refractivity contribution in [2.24, 2.45) is 35.5 Å². The maximum atomic E-state index is 14.6. The van der Waals surface area contributed by atoms with E-state index in [4.69, 9.17) is 33.2 Å². The van der Waals surface area contributed by atoms with Crippen LogP contribution >= 0.6 is 0 Å². The van der Waals surface area contributed by atoms with Gasteiger partial charge in [0.25, 0.3) is 11.7 Å². The van der Waals surface area contributed by atoms with E-state index in [9.17, 15) is 34.2 Å². The highest BCUT2D eigenvalue weighted by molar-refractivity contribution is 6.39. The van der Waals surface area contributed by atoms with Crippen LogP contribution in [0.3, 0.4) is 0 Å². The molecule has 0 aromatic carbocycles. The van der Waals surface area contributed by atoms with Crippen molar-refractivity contribution in [1.29, 1.82) is 0 Å². The van der Waals surface area contributed by atoms with E-state index in [2.05, 4.69) is 0 Å². The van der Waals surface area contributed by atoms with Crippen LogP contribution in [0.2, 0.25) is 0 Å². The lowest BCUT2D eigenvalue weighted by Crippen LogP contribution is -2.61. The quantitative estimate of drug-likeness (QED) is 0.0925. The molecule has 15 heteroatoms. The molecule has 2 saturated heterocycles. The molecule has 2 bridgehead atoms. The minimum absolute atomic E-state index is 0.0176. The van der Waals surface area contributed by atoms with Crippen LogP contribution in [0.5, 0.6) is 0 Å². The molecule has 4 aliphatic rings. The predicted octanol–water partition coefficient (Wildman–Crippen LogP) is 8.02. The molecule has 0 aromatic rings. The molecule has 72 heavy (non-hydrogen) atoms. The molecule has 1 aliphatic carbocycles. The van der Waals surface area contributed by atoms with Gasteiger partial charge in [-0.3, -0.25) is 19.2 Å². The summed E-state index contributed by atoms with van der Waals surface area (Å²) >= 11 is 0. The molecule has 1 amide bonds. The molecular weight excluding hydrogens is 923 g/mol. The Labute approximate surface area is 430 Å². The van der Waals surface area contributed by atoms with Crippen molar-refractivity contribution < 1.29 is 67.3 Å². The Hall–Kier alpha value is -3.41. The number of esters is 1. The predicted molar refractivity (Wildman–Crippen MR) is 275 cm³/mol. The maximum Gasteiger partial charge on any atom is 0.329 e. The molecule has 3 heterocycles. The number of cyclic esters (lactones) is 1. The van der Waals surface area contributed by atoms with Gasteiger partial charge in [-0.05, 0) is 128 Å². The molecular formula is C57H91NO14. The van der Waals surface area contributed by atoms with E-state index in [1.807, 2.05) is 78.8 Å². The Kier molecular flexibility index (Phi) is 24.2. The summed E-state index contributed by atoms with van der Waals surface area (Å²) in [5, 5.41) is 23.5. The highest BCUT2D eigenvalue weighted by Gasteiger charge is 2.53. The summed E-state index contributed by atoms with van der Waals surface area (Å²) in [6.45, 7) is 19.8. The van der Waals surface area contributed by atoms with Gasteiger partial charge in [0.1, 0.15) is 30.1 Å². The van der Waals surface area contributed by atoms with Gasteiger partial charge in [-0.15, -0.1) is 0 Å². The van der Waals surface area contributed by atoms with E-state index < -0.39 is 77.8 Å². The number of Topliss-reactive ketones (excluding diaryl/α,β-unsaturated/α-hetero) is 3. The van der Waals surface area contributed by atoms with Gasteiger partial charge in [-0.25, -0.2) is 4.79 Å². The Morgan fingerprint density at radius 2 is 1.56 bits per heavy atom. The number of hydrogen-bond acceptors (Lipinski definition) is 14. The fraction of sp³-hybridized carbons (Fsp3) is 0.772. The highest BCUT2D eigenvalue weighted by Crippen LogP contribution is 2.38. The van der Waals surface area contributed by atoms with Crippen LogP contribution in [0.4, 0.5) is 0 Å². The molecule has 3 aliphatic heterocycles. The first-order valence-corrected chi connectivity index (χ1v) is 26.7. The lowest BCUT2D eigenvalue weighted by atomic mass is 9.78. The minimum atomic E-state index is -2.43. The first-order chi connectivity index (χ1) is 33.9. The van der Waals surface area contributed by atoms with E-state index in [0.717, 1.165) is 18.4 Å². The van der Waals surface area contributed by atoms with Gasteiger partial charge >= 0.3 is 5.97 Å². The molecule has 2 N–H and O–H groups in total. The Bertz CT molecular complexity index is 1920. The van der Waals surface area contributed by atoms with Crippen molar-refractivity contribution >= 4 is 29.2 Å². The number of hydrogen-bond donors (Lipinski definition) is 2. The summed E-state index contributed by atoms with van der Waals surface area (Å²) in [5.41, 5.74) is 1.00. The van der Waals surface area contributed by atoms with Crippen LogP contribution < -0.4 is 0 Å². The van der Waals surface area contributed by atoms with Gasteiger partial charge < -0.3 is 48.3 Å². The third kappa shape index (κ3) is 17.3. The molecule has 3 fully saturated rings. The largest absolute Gasteiger partial charge is 0.460 e. The Balaban J connectivity index is 1.67. The number of aliphatic hydroxyl groups excluding tert-OH is 1. The average molecular weight is 1010 g/mol. The minimum Gasteiger partial charge on any atom is -0.460 e. The maximum absolute atomic E-state index is 14.6. The monoisotopic (exact) mass is 1010 g/mol. The molecule has 1 saturated carbocycles. The molecule has 408 valence electrons. The second-order valence-electron chi connectivity index (χ2n) is 22.4. The zero-order chi connectivity index (χ0) is 53.5. The fourth-order valence-electron chi connectivity index (χ4n) is 10.8. The molecule has 0 spiro atoms. The average Bonchev–Trinajstić information content (AvgIpc) is 3.34. The first-order valence-electron chi connectivity index (χ1n) is 26.7. The number of rotatable bonds is 10. The van der Waals surface area contributed by atoms with Crippen LogP contribution in [0.1, 0.15) is 146 Å². The number of carbonyl (C=O) groups excluding carboxylic acids is 5. The van der Waals surface area contributed by atoms with Crippen molar-refractivity contribution in [1.82, 2.24) is 4.90 Å². The molecule has 1 unspecified atom stereocenters. The zero-order valence-corrected chi connectivity index (χ0v) is 45.9. The fourth-order valence-corrected chi connectivity index (χ4v) is 10.8. The topological polar surface area (TPSA) is 194 Å². The summed E-state index contributed by atoms with van der Waals surface area (Å²) in [4.78, 5) is 72.5. The van der Waals surface area contributed by atoms with E-state index >= 15 is 0 Å². The molecule has 15 nitrogen and oxygen atoms in total. The third-order valence-corrected chi connectivity index (χ3v) is 15.4. The summed E-state index contributed by atoms with van der Waals surface area (Å²) in [6, 6.07) is -1.14. The molecule has 4 rings (SSSR count). The second kappa shape index (κ2) is 28.5. The van der Waals surface area contributed by atoms with Gasteiger partial charge in [-0.1, -0.05) is 71.1 Å². The number of methoxy groups -OCH3 is 3. The van der Waals surface area contributed by atoms with Crippen LogP contribution in [-0.4, -0.2) is 146 Å². The van der Waals surface area contributed by atoms with Crippen LogP contribution in [0.15, 0.2) is 47.6 Å². The van der Waals surface area contributed by atoms with E-state index in [1.54, 1.807) is 41.1 Å². The van der Waals surface area contributed by atoms with E-state index in [-0.39, 0.29) is 66.5 Å². The number of piperidine rings is 1. The number of ether oxygens (including phenoxy) is 7. The van der Waals surface area contributed by atoms with Crippen LogP contribution in [-0.2, 0) is 57.1 Å². The van der Waals surface area contributed by atoms with Crippen LogP contribution in [0, 0.1) is 35.5 Å². The third-order valence-electron chi connectivity index (χ3n) is 15.4.